The van der Waals surface area contributed by atoms with Gasteiger partial charge in [-0.05, 0) is 35.9 Å². The number of nitro groups is 1. The first-order chi connectivity index (χ1) is 12.6. The number of benzene rings is 1. The van der Waals surface area contributed by atoms with Crippen LogP contribution in [0.3, 0.4) is 0 Å². The molecule has 0 fully saturated rings. The predicted octanol–water partition coefficient (Wildman–Crippen LogP) is 3.93. The molecule has 7 nitrogen and oxygen atoms in total. The molecule has 0 unspecified atom stereocenters. The fourth-order valence-electron chi connectivity index (χ4n) is 2.21. The van der Waals surface area contributed by atoms with Crippen molar-refractivity contribution >= 4 is 29.0 Å². The van der Waals surface area contributed by atoms with Crippen LogP contribution in [-0.2, 0) is 5.75 Å². The number of pyridine rings is 2. The maximum absolute atomic E-state index is 12.6. The predicted molar refractivity (Wildman–Crippen MR) is 99.1 cm³/mol. The van der Waals surface area contributed by atoms with Gasteiger partial charge in [-0.25, -0.2) is 4.98 Å². The highest BCUT2D eigenvalue weighted by atomic mass is 32.2. The van der Waals surface area contributed by atoms with E-state index in [-0.39, 0.29) is 11.6 Å². The smallest absolute Gasteiger partial charge is 0.271 e. The highest BCUT2D eigenvalue weighted by molar-refractivity contribution is 7.98. The molecule has 0 atom stereocenters. The van der Waals surface area contributed by atoms with Gasteiger partial charge < -0.3 is 5.32 Å². The van der Waals surface area contributed by atoms with Crippen molar-refractivity contribution in [2.45, 2.75) is 10.8 Å². The van der Waals surface area contributed by atoms with E-state index in [0.29, 0.717) is 22.0 Å². The number of hydrogen-bond acceptors (Lipinski definition) is 6. The second-order valence-electron chi connectivity index (χ2n) is 5.26. The molecule has 0 spiro atoms. The number of nitrogens with zero attached hydrogens (tertiary/aromatic N) is 3. The van der Waals surface area contributed by atoms with Crippen LogP contribution >= 0.6 is 11.8 Å². The molecule has 0 bridgehead atoms. The lowest BCUT2D eigenvalue weighted by atomic mass is 10.2. The average Bonchev–Trinajstić information content (AvgIpc) is 2.67. The Labute approximate surface area is 153 Å². The first-order valence-electron chi connectivity index (χ1n) is 7.66. The summed E-state index contributed by atoms with van der Waals surface area (Å²) in [6.45, 7) is 0. The Kier molecular flexibility index (Phi) is 5.55. The molecule has 0 aliphatic rings. The van der Waals surface area contributed by atoms with Crippen molar-refractivity contribution in [1.29, 1.82) is 0 Å². The molecule has 0 radical (unpaired) electrons. The van der Waals surface area contributed by atoms with Crippen LogP contribution in [0.4, 0.5) is 11.4 Å². The van der Waals surface area contributed by atoms with Gasteiger partial charge in [-0.2, -0.15) is 0 Å². The summed E-state index contributed by atoms with van der Waals surface area (Å²) in [5.74, 6) is 0.284. The molecule has 3 rings (SSSR count). The Morgan fingerprint density at radius 3 is 2.69 bits per heavy atom. The second kappa shape index (κ2) is 8.21. The molecule has 0 saturated heterocycles. The van der Waals surface area contributed by atoms with Gasteiger partial charge in [0.05, 0.1) is 10.5 Å². The van der Waals surface area contributed by atoms with Crippen molar-refractivity contribution in [3.8, 4) is 0 Å². The fraction of sp³-hybridized carbons (Fsp3) is 0.0556. The Morgan fingerprint density at radius 2 is 1.92 bits per heavy atom. The highest BCUT2D eigenvalue weighted by Crippen LogP contribution is 2.25. The summed E-state index contributed by atoms with van der Waals surface area (Å²) in [6.07, 6.45) is 5.05. The zero-order valence-corrected chi connectivity index (χ0v) is 14.3. The van der Waals surface area contributed by atoms with Gasteiger partial charge >= 0.3 is 0 Å². The molecular formula is C18H14N4O3S. The van der Waals surface area contributed by atoms with Gasteiger partial charge in [0.2, 0.25) is 0 Å². The molecule has 0 saturated carbocycles. The van der Waals surface area contributed by atoms with Crippen molar-refractivity contribution in [3.05, 3.63) is 88.4 Å². The van der Waals surface area contributed by atoms with E-state index in [2.05, 4.69) is 15.3 Å². The van der Waals surface area contributed by atoms with Crippen LogP contribution < -0.4 is 5.32 Å². The molecule has 0 aliphatic carbocycles. The van der Waals surface area contributed by atoms with Crippen LogP contribution in [-0.4, -0.2) is 20.8 Å². The SMILES string of the molecule is O=C(Nc1cccc([N+](=O)[O-])c1)c1cccnc1SCc1ccncc1. The second-order valence-corrected chi connectivity index (χ2v) is 6.23. The van der Waals surface area contributed by atoms with Crippen molar-refractivity contribution in [3.63, 3.8) is 0 Å². The minimum Gasteiger partial charge on any atom is -0.322 e. The Morgan fingerprint density at radius 1 is 1.12 bits per heavy atom. The molecular weight excluding hydrogens is 352 g/mol. The maximum atomic E-state index is 12.6. The quantitative estimate of drug-likeness (QED) is 0.403. The van der Waals surface area contributed by atoms with Crippen LogP contribution in [0.2, 0.25) is 0 Å². The molecule has 0 aliphatic heterocycles. The topological polar surface area (TPSA) is 98.0 Å². The van der Waals surface area contributed by atoms with Gasteiger partial charge in [-0.1, -0.05) is 6.07 Å². The first kappa shape index (κ1) is 17.6. The molecule has 2 heterocycles. The minimum absolute atomic E-state index is 0.0822. The van der Waals surface area contributed by atoms with E-state index in [0.717, 1.165) is 5.56 Å². The number of nitro benzene ring substituents is 1. The van der Waals surface area contributed by atoms with Crippen LogP contribution in [0.25, 0.3) is 0 Å². The third kappa shape index (κ3) is 4.42. The Balaban J connectivity index is 1.75. The number of rotatable bonds is 6. The molecule has 1 N–H and O–H groups in total. The number of non-ortho nitro benzene ring substituents is 1. The average molecular weight is 366 g/mol. The summed E-state index contributed by atoms with van der Waals surface area (Å²) >= 11 is 1.44. The molecule has 3 aromatic rings. The van der Waals surface area contributed by atoms with Crippen molar-refractivity contribution in [2.75, 3.05) is 5.32 Å². The van der Waals surface area contributed by atoms with Gasteiger partial charge in [0.1, 0.15) is 5.03 Å². The third-order valence-corrected chi connectivity index (χ3v) is 4.53. The van der Waals surface area contributed by atoms with Crippen LogP contribution in [0, 0.1) is 10.1 Å². The zero-order chi connectivity index (χ0) is 18.4. The zero-order valence-electron chi connectivity index (χ0n) is 13.5. The maximum Gasteiger partial charge on any atom is 0.271 e. The number of aromatic nitrogens is 2. The molecule has 8 heteroatoms. The number of carbonyl (C=O) groups is 1. The lowest BCUT2D eigenvalue weighted by Crippen LogP contribution is -2.13. The van der Waals surface area contributed by atoms with E-state index in [1.54, 1.807) is 36.8 Å². The lowest BCUT2D eigenvalue weighted by molar-refractivity contribution is -0.384. The Hall–Kier alpha value is -3.26. The van der Waals surface area contributed by atoms with Gasteiger partial charge in [-0.15, -0.1) is 11.8 Å². The molecule has 1 aromatic carbocycles. The summed E-state index contributed by atoms with van der Waals surface area (Å²) in [5, 5.41) is 14.1. The summed E-state index contributed by atoms with van der Waals surface area (Å²) in [5.41, 5.74) is 1.76. The van der Waals surface area contributed by atoms with Gasteiger partial charge in [-0.3, -0.25) is 19.9 Å². The van der Waals surface area contributed by atoms with Gasteiger partial charge in [0, 0.05) is 42.2 Å². The number of carbonyl (C=O) groups excluding carboxylic acids is 1. The molecule has 2 aromatic heterocycles. The number of nitrogens with one attached hydrogen (secondary N) is 1. The molecule has 1 amide bonds. The first-order valence-corrected chi connectivity index (χ1v) is 8.64. The van der Waals surface area contributed by atoms with E-state index < -0.39 is 4.92 Å². The molecule has 26 heavy (non-hydrogen) atoms. The van der Waals surface area contributed by atoms with Crippen LogP contribution in [0.5, 0.6) is 0 Å². The normalized spacial score (nSPS) is 10.3. The standard InChI is InChI=1S/C18H14N4O3S/c23-17(21-14-3-1-4-15(11-14)22(24)25)16-5-2-8-20-18(16)26-12-13-6-9-19-10-7-13/h1-11H,12H2,(H,21,23). The van der Waals surface area contributed by atoms with Gasteiger partial charge in [0.15, 0.2) is 0 Å². The van der Waals surface area contributed by atoms with E-state index in [1.807, 2.05) is 12.1 Å². The molecule has 130 valence electrons. The Bertz CT molecular complexity index is 934. The van der Waals surface area contributed by atoms with Crippen molar-refractivity contribution in [2.24, 2.45) is 0 Å². The summed E-state index contributed by atoms with van der Waals surface area (Å²) in [4.78, 5) is 31.2. The monoisotopic (exact) mass is 366 g/mol. The van der Waals surface area contributed by atoms with E-state index >= 15 is 0 Å². The third-order valence-electron chi connectivity index (χ3n) is 3.46. The largest absolute Gasteiger partial charge is 0.322 e. The summed E-state index contributed by atoms with van der Waals surface area (Å²) < 4.78 is 0. The van der Waals surface area contributed by atoms with Crippen LogP contribution in [0.15, 0.2) is 72.1 Å². The number of anilines is 1. The summed E-state index contributed by atoms with van der Waals surface area (Å²) in [7, 11) is 0. The lowest BCUT2D eigenvalue weighted by Gasteiger charge is -2.09. The number of hydrogen-bond donors (Lipinski definition) is 1. The van der Waals surface area contributed by atoms with E-state index in [4.69, 9.17) is 0 Å². The number of amides is 1. The minimum atomic E-state index is -0.504. The van der Waals surface area contributed by atoms with E-state index in [1.165, 1.54) is 30.0 Å². The number of thioether (sulfide) groups is 1. The van der Waals surface area contributed by atoms with Gasteiger partial charge in [0.25, 0.3) is 11.6 Å². The highest BCUT2D eigenvalue weighted by Gasteiger charge is 2.14. The van der Waals surface area contributed by atoms with Crippen molar-refractivity contribution < 1.29 is 9.72 Å². The van der Waals surface area contributed by atoms with E-state index in [9.17, 15) is 14.9 Å². The summed E-state index contributed by atoms with van der Waals surface area (Å²) in [6, 6.07) is 13.0. The van der Waals surface area contributed by atoms with Crippen LogP contribution in [0.1, 0.15) is 15.9 Å². The van der Waals surface area contributed by atoms with Crippen molar-refractivity contribution in [1.82, 2.24) is 9.97 Å². The fourth-order valence-corrected chi connectivity index (χ4v) is 3.15.